The molecular weight excluding hydrogens is 1290 g/mol. The lowest BCUT2D eigenvalue weighted by Gasteiger charge is -2.21. The van der Waals surface area contributed by atoms with Crippen molar-refractivity contribution >= 4 is 39.5 Å². The monoisotopic (exact) mass is 1450 g/mol. The molecule has 3 N–H and O–H groups in total. The number of aliphatic hydroxyl groups is 1. The maximum atomic E-state index is 13.1. The first-order valence-corrected chi connectivity index (χ1v) is 43.9. The topological polar surface area (TPSA) is 237 Å². The van der Waals surface area contributed by atoms with Gasteiger partial charge in [0.2, 0.25) is 0 Å². The van der Waals surface area contributed by atoms with Gasteiger partial charge in [0, 0.05) is 25.7 Å². The third-order valence-corrected chi connectivity index (χ3v) is 20.1. The number of carbonyl (C=O) groups is 4. The van der Waals surface area contributed by atoms with Gasteiger partial charge in [0.05, 0.1) is 26.4 Å². The number of allylic oxidation sites excluding steroid dienone is 4. The Morgan fingerprint density at radius 2 is 0.545 bits per heavy atom. The highest BCUT2D eigenvalue weighted by atomic mass is 31.2. The predicted molar refractivity (Wildman–Crippen MR) is 404 cm³/mol. The normalized spacial score (nSPS) is 14.0. The van der Waals surface area contributed by atoms with E-state index in [9.17, 15) is 43.2 Å². The predicted octanol–water partition coefficient (Wildman–Crippen LogP) is 23.6. The van der Waals surface area contributed by atoms with Crippen LogP contribution >= 0.6 is 15.6 Å². The van der Waals surface area contributed by atoms with E-state index in [4.69, 9.17) is 37.0 Å². The second kappa shape index (κ2) is 72.5. The molecule has 19 heteroatoms. The van der Waals surface area contributed by atoms with Crippen LogP contribution in [0.5, 0.6) is 0 Å². The van der Waals surface area contributed by atoms with Crippen molar-refractivity contribution in [3.63, 3.8) is 0 Å². The van der Waals surface area contributed by atoms with E-state index in [0.717, 1.165) is 121 Å². The summed E-state index contributed by atoms with van der Waals surface area (Å²) in [5.74, 6) is -1.32. The highest BCUT2D eigenvalue weighted by Gasteiger charge is 2.30. The molecule has 0 heterocycles. The molecule has 0 aliphatic carbocycles. The van der Waals surface area contributed by atoms with E-state index in [-0.39, 0.29) is 25.7 Å². The largest absolute Gasteiger partial charge is 0.472 e. The van der Waals surface area contributed by atoms with E-state index >= 15 is 0 Å². The molecular formula is C80H152O17P2. The fourth-order valence-electron chi connectivity index (χ4n) is 11.9. The second-order valence-electron chi connectivity index (χ2n) is 28.6. The standard InChI is InChI=1S/C80H152O17P2/c1-6-9-12-15-18-20-22-24-26-33-36-40-44-49-54-59-64-78(83)91-70-76(97-80(85)66-61-56-51-46-42-38-34-30-28-27-29-32-35-39-43-48-52-57-62-73(4)5)72-95-99(88,89)93-68-74(81)67-92-98(86,87)94-71-75(69-90-77(82)63-58-53-47-17-14-11-8-3)96-79(84)65-60-55-50-45-41-37-31-25-23-21-19-16-13-10-7-2/h21,23,25,31,73-76,81H,6-20,22,24,26-30,32-72H2,1-5H3,(H,86,87)(H,88,89)/b23-21-,31-25-/t74-,75+,76+/m0/s1. The van der Waals surface area contributed by atoms with Crippen LogP contribution in [0, 0.1) is 5.92 Å². The highest BCUT2D eigenvalue weighted by Crippen LogP contribution is 2.45. The number of ether oxygens (including phenoxy) is 4. The Hall–Kier alpha value is -2.46. The van der Waals surface area contributed by atoms with Gasteiger partial charge in [-0.3, -0.25) is 37.3 Å². The molecule has 0 fully saturated rings. The van der Waals surface area contributed by atoms with Crippen LogP contribution in [0.3, 0.4) is 0 Å². The lowest BCUT2D eigenvalue weighted by atomic mass is 10.0. The van der Waals surface area contributed by atoms with Gasteiger partial charge in [-0.1, -0.05) is 348 Å². The summed E-state index contributed by atoms with van der Waals surface area (Å²) in [6.45, 7) is 7.25. The van der Waals surface area contributed by atoms with Crippen LogP contribution in [-0.2, 0) is 65.4 Å². The third-order valence-electron chi connectivity index (χ3n) is 18.2. The Balaban J connectivity index is 5.20. The van der Waals surface area contributed by atoms with Gasteiger partial charge in [-0.15, -0.1) is 0 Å². The Kier molecular flexibility index (Phi) is 70.7. The molecule has 0 bridgehead atoms. The van der Waals surface area contributed by atoms with Crippen molar-refractivity contribution in [3.05, 3.63) is 24.3 Å². The summed E-state index contributed by atoms with van der Waals surface area (Å²) in [4.78, 5) is 72.8. The number of aliphatic hydroxyl groups excluding tert-OH is 1. The molecule has 0 rings (SSSR count). The van der Waals surface area contributed by atoms with E-state index in [2.05, 4.69) is 58.9 Å². The fourth-order valence-corrected chi connectivity index (χ4v) is 13.4. The van der Waals surface area contributed by atoms with Gasteiger partial charge in [-0.2, -0.15) is 0 Å². The molecule has 0 aromatic carbocycles. The number of phosphoric ester groups is 2. The number of unbranched alkanes of at least 4 members (excludes halogenated alkanes) is 47. The maximum absolute atomic E-state index is 13.1. The van der Waals surface area contributed by atoms with Crippen molar-refractivity contribution in [2.45, 2.75) is 419 Å². The van der Waals surface area contributed by atoms with E-state index in [1.807, 2.05) is 0 Å². The molecule has 0 saturated carbocycles. The molecule has 0 spiro atoms. The minimum atomic E-state index is -4.96. The smallest absolute Gasteiger partial charge is 0.462 e. The number of phosphoric acid groups is 2. The average molecular weight is 1450 g/mol. The van der Waals surface area contributed by atoms with Gasteiger partial charge in [0.25, 0.3) is 0 Å². The number of rotatable bonds is 78. The number of esters is 4. The number of hydrogen-bond donors (Lipinski definition) is 3. The summed E-state index contributed by atoms with van der Waals surface area (Å²) >= 11 is 0. The van der Waals surface area contributed by atoms with Crippen LogP contribution in [0.1, 0.15) is 401 Å². The first-order valence-electron chi connectivity index (χ1n) is 41.0. The summed E-state index contributed by atoms with van der Waals surface area (Å²) in [6, 6.07) is 0. The van der Waals surface area contributed by atoms with Crippen molar-refractivity contribution < 1.29 is 80.2 Å². The summed E-state index contributed by atoms with van der Waals surface area (Å²) in [5.41, 5.74) is 0. The maximum Gasteiger partial charge on any atom is 0.472 e. The molecule has 584 valence electrons. The Labute approximate surface area is 605 Å². The van der Waals surface area contributed by atoms with E-state index < -0.39 is 97.5 Å². The van der Waals surface area contributed by atoms with E-state index in [0.29, 0.717) is 25.7 Å². The molecule has 0 radical (unpaired) electrons. The van der Waals surface area contributed by atoms with Crippen LogP contribution in [0.2, 0.25) is 0 Å². The third kappa shape index (κ3) is 73.6. The van der Waals surface area contributed by atoms with Gasteiger partial charge < -0.3 is 33.8 Å². The minimum absolute atomic E-state index is 0.0850. The zero-order valence-corrected chi connectivity index (χ0v) is 65.9. The zero-order chi connectivity index (χ0) is 72.7. The molecule has 0 aromatic rings. The number of carbonyl (C=O) groups excluding carboxylic acids is 4. The van der Waals surface area contributed by atoms with Crippen LogP contribution in [0.4, 0.5) is 0 Å². The van der Waals surface area contributed by atoms with Gasteiger partial charge >= 0.3 is 39.5 Å². The molecule has 0 saturated heterocycles. The van der Waals surface area contributed by atoms with E-state index in [1.54, 1.807) is 0 Å². The molecule has 5 atom stereocenters. The van der Waals surface area contributed by atoms with Crippen LogP contribution in [-0.4, -0.2) is 96.7 Å². The summed E-state index contributed by atoms with van der Waals surface area (Å²) in [5, 5.41) is 10.6. The summed E-state index contributed by atoms with van der Waals surface area (Å²) in [6.07, 6.45) is 66.2. The average Bonchev–Trinajstić information content (AvgIpc) is 1.06. The molecule has 99 heavy (non-hydrogen) atoms. The Bertz CT molecular complexity index is 1990. The molecule has 17 nitrogen and oxygen atoms in total. The van der Waals surface area contributed by atoms with Crippen molar-refractivity contribution in [3.8, 4) is 0 Å². The molecule has 0 aromatic heterocycles. The summed E-state index contributed by atoms with van der Waals surface area (Å²) < 4.78 is 68.5. The van der Waals surface area contributed by atoms with Gasteiger partial charge in [0.15, 0.2) is 12.2 Å². The van der Waals surface area contributed by atoms with Crippen LogP contribution in [0.15, 0.2) is 24.3 Å². The lowest BCUT2D eigenvalue weighted by Crippen LogP contribution is -2.30. The highest BCUT2D eigenvalue weighted by molar-refractivity contribution is 7.47. The van der Waals surface area contributed by atoms with Crippen LogP contribution in [0.25, 0.3) is 0 Å². The van der Waals surface area contributed by atoms with Gasteiger partial charge in [-0.25, -0.2) is 9.13 Å². The minimum Gasteiger partial charge on any atom is -0.462 e. The van der Waals surface area contributed by atoms with Gasteiger partial charge in [0.1, 0.15) is 19.3 Å². The quantitative estimate of drug-likeness (QED) is 0.0169. The van der Waals surface area contributed by atoms with Crippen LogP contribution < -0.4 is 0 Å². The molecule has 0 aliphatic rings. The SMILES string of the molecule is CCCCCC/C=C\C=C/CCCCCCCC(=O)O[C@H](COC(=O)CCCCCCCCC)COP(=O)(O)OC[C@H](O)COP(=O)(O)OC[C@@H](COC(=O)CCCCCCCCCCCCCCCCCC)OC(=O)CCCCCCCCCCCCCCCCCCCCC(C)C. The van der Waals surface area contributed by atoms with Crippen molar-refractivity contribution in [1.82, 2.24) is 0 Å². The van der Waals surface area contributed by atoms with Gasteiger partial charge in [-0.05, 0) is 57.3 Å². The molecule has 0 aliphatic heterocycles. The Morgan fingerprint density at radius 1 is 0.313 bits per heavy atom. The van der Waals surface area contributed by atoms with Crippen molar-refractivity contribution in [2.75, 3.05) is 39.6 Å². The first-order chi connectivity index (χ1) is 48.0. The lowest BCUT2D eigenvalue weighted by molar-refractivity contribution is -0.161. The van der Waals surface area contributed by atoms with Crippen molar-refractivity contribution in [2.24, 2.45) is 5.92 Å². The number of hydrogen-bond acceptors (Lipinski definition) is 15. The second-order valence-corrected chi connectivity index (χ2v) is 31.5. The zero-order valence-electron chi connectivity index (χ0n) is 64.1. The molecule has 0 amide bonds. The Morgan fingerprint density at radius 3 is 0.828 bits per heavy atom. The summed E-state index contributed by atoms with van der Waals surface area (Å²) in [7, 11) is -9.92. The first kappa shape index (κ1) is 96.5. The van der Waals surface area contributed by atoms with E-state index in [1.165, 1.54) is 199 Å². The van der Waals surface area contributed by atoms with Crippen molar-refractivity contribution in [1.29, 1.82) is 0 Å². The molecule has 2 unspecified atom stereocenters. The fraction of sp³-hybridized carbons (Fsp3) is 0.900.